The number of aryl methyl sites for hydroxylation is 1. The molecule has 1 fully saturated rings. The zero-order valence-corrected chi connectivity index (χ0v) is 12.8. The fraction of sp³-hybridized carbons (Fsp3) is 0.562. The van der Waals surface area contributed by atoms with E-state index >= 15 is 0 Å². The van der Waals surface area contributed by atoms with Gasteiger partial charge in [0.25, 0.3) is 0 Å². The fourth-order valence-electron chi connectivity index (χ4n) is 2.85. The van der Waals surface area contributed by atoms with Crippen LogP contribution in [0, 0.1) is 0 Å². The first-order chi connectivity index (χ1) is 10.2. The topological polar surface area (TPSA) is 56.5 Å². The molecule has 3 atom stereocenters. The van der Waals surface area contributed by atoms with Gasteiger partial charge in [-0.2, -0.15) is 0 Å². The quantitative estimate of drug-likeness (QED) is 0.886. The molecule has 5 nitrogen and oxygen atoms in total. The van der Waals surface area contributed by atoms with Crippen LogP contribution in [-0.2, 0) is 15.9 Å². The van der Waals surface area contributed by atoms with Crippen molar-refractivity contribution in [2.45, 2.75) is 44.9 Å². The molecule has 0 aliphatic heterocycles. The third-order valence-corrected chi connectivity index (χ3v) is 3.99. The molecular formula is C16H22N2O3. The van der Waals surface area contributed by atoms with Gasteiger partial charge in [0.05, 0.1) is 12.1 Å². The highest BCUT2D eigenvalue weighted by molar-refractivity contribution is 5.77. The average molecular weight is 290 g/mol. The summed E-state index contributed by atoms with van der Waals surface area (Å²) in [7, 11) is 1.73. The van der Waals surface area contributed by atoms with Crippen LogP contribution in [-0.4, -0.2) is 37.0 Å². The molecule has 5 heteroatoms. The van der Waals surface area contributed by atoms with E-state index in [1.165, 1.54) is 0 Å². The van der Waals surface area contributed by atoms with Crippen LogP contribution in [0.2, 0.25) is 0 Å². The Balaban J connectivity index is 1.70. The molecule has 1 aromatic carbocycles. The van der Waals surface area contributed by atoms with Crippen molar-refractivity contribution in [3.63, 3.8) is 0 Å². The van der Waals surface area contributed by atoms with Crippen molar-refractivity contribution in [3.8, 4) is 0 Å². The molecule has 0 spiro atoms. The Hall–Kier alpha value is -1.59. The lowest BCUT2D eigenvalue weighted by Gasteiger charge is -2.43. The normalized spacial score (nSPS) is 25.0. The maximum absolute atomic E-state index is 5.65. The monoisotopic (exact) mass is 290 g/mol. The van der Waals surface area contributed by atoms with E-state index in [4.69, 9.17) is 13.9 Å². The van der Waals surface area contributed by atoms with E-state index in [0.717, 1.165) is 42.1 Å². The molecule has 114 valence electrons. The zero-order valence-electron chi connectivity index (χ0n) is 12.8. The van der Waals surface area contributed by atoms with E-state index in [1.54, 1.807) is 7.11 Å². The van der Waals surface area contributed by atoms with Crippen LogP contribution in [0.4, 0.5) is 5.69 Å². The summed E-state index contributed by atoms with van der Waals surface area (Å²) in [6.45, 7) is 4.77. The SMILES string of the molecule is CCOC1CC(Nc2ccc3oc(CC)nc3c2)C1OC. The molecule has 3 rings (SSSR count). The van der Waals surface area contributed by atoms with Crippen LogP contribution < -0.4 is 5.32 Å². The Morgan fingerprint density at radius 2 is 2.24 bits per heavy atom. The average Bonchev–Trinajstić information content (AvgIpc) is 2.88. The van der Waals surface area contributed by atoms with E-state index in [2.05, 4.69) is 10.3 Å². The molecule has 2 aromatic rings. The van der Waals surface area contributed by atoms with Gasteiger partial charge in [-0.1, -0.05) is 6.92 Å². The van der Waals surface area contributed by atoms with E-state index < -0.39 is 0 Å². The molecule has 0 amide bonds. The standard InChI is InChI=1S/C16H22N2O3/c1-4-15-18-11-8-10(6-7-13(11)21-15)17-12-9-14(20-5-2)16(12)19-3/h6-8,12,14,16-17H,4-5,9H2,1-3H3. The van der Waals surface area contributed by atoms with Gasteiger partial charge in [-0.25, -0.2) is 4.98 Å². The number of nitrogens with zero attached hydrogens (tertiary/aromatic N) is 1. The third-order valence-electron chi connectivity index (χ3n) is 3.99. The molecule has 21 heavy (non-hydrogen) atoms. The molecule has 1 aromatic heterocycles. The summed E-state index contributed by atoms with van der Waals surface area (Å²) < 4.78 is 16.8. The minimum atomic E-state index is 0.101. The van der Waals surface area contributed by atoms with Gasteiger partial charge in [-0.3, -0.25) is 0 Å². The second kappa shape index (κ2) is 6.03. The summed E-state index contributed by atoms with van der Waals surface area (Å²) in [5, 5.41) is 3.50. The Labute approximate surface area is 124 Å². The molecule has 1 aliphatic carbocycles. The number of methoxy groups -OCH3 is 1. The van der Waals surface area contributed by atoms with Crippen molar-refractivity contribution in [2.75, 3.05) is 19.0 Å². The van der Waals surface area contributed by atoms with Gasteiger partial charge in [0.1, 0.15) is 11.6 Å². The largest absolute Gasteiger partial charge is 0.441 e. The van der Waals surface area contributed by atoms with Crippen molar-refractivity contribution in [2.24, 2.45) is 0 Å². The number of oxazole rings is 1. The van der Waals surface area contributed by atoms with Crippen LogP contribution in [0.25, 0.3) is 11.1 Å². The summed E-state index contributed by atoms with van der Waals surface area (Å²) in [6.07, 6.45) is 2.06. The number of fused-ring (bicyclic) bond motifs is 1. The Kier molecular flexibility index (Phi) is 4.12. The fourth-order valence-corrected chi connectivity index (χ4v) is 2.85. The van der Waals surface area contributed by atoms with Gasteiger partial charge in [-0.05, 0) is 31.5 Å². The van der Waals surface area contributed by atoms with Crippen LogP contribution >= 0.6 is 0 Å². The molecule has 0 saturated heterocycles. The number of nitrogens with one attached hydrogen (secondary N) is 1. The highest BCUT2D eigenvalue weighted by Gasteiger charge is 2.42. The maximum atomic E-state index is 5.65. The van der Waals surface area contributed by atoms with Crippen molar-refractivity contribution in [1.29, 1.82) is 0 Å². The number of benzene rings is 1. The summed E-state index contributed by atoms with van der Waals surface area (Å²) in [5.41, 5.74) is 2.77. The van der Waals surface area contributed by atoms with Crippen molar-refractivity contribution < 1.29 is 13.9 Å². The van der Waals surface area contributed by atoms with Crippen LogP contribution in [0.3, 0.4) is 0 Å². The van der Waals surface area contributed by atoms with E-state index in [-0.39, 0.29) is 18.2 Å². The summed E-state index contributed by atoms with van der Waals surface area (Å²) in [4.78, 5) is 4.46. The first kappa shape index (κ1) is 14.4. The molecule has 1 heterocycles. The number of hydrogen-bond acceptors (Lipinski definition) is 5. The number of anilines is 1. The molecule has 0 radical (unpaired) electrons. The van der Waals surface area contributed by atoms with Gasteiger partial charge in [0.15, 0.2) is 11.5 Å². The van der Waals surface area contributed by atoms with Crippen LogP contribution in [0.15, 0.2) is 22.6 Å². The molecule has 3 unspecified atom stereocenters. The summed E-state index contributed by atoms with van der Waals surface area (Å²) in [5.74, 6) is 0.775. The Bertz CT molecular complexity index is 611. The lowest BCUT2D eigenvalue weighted by Crippen LogP contribution is -2.56. The molecule has 0 bridgehead atoms. The smallest absolute Gasteiger partial charge is 0.195 e. The van der Waals surface area contributed by atoms with Gasteiger partial charge in [0, 0.05) is 25.8 Å². The first-order valence-corrected chi connectivity index (χ1v) is 7.55. The summed E-state index contributed by atoms with van der Waals surface area (Å²) >= 11 is 0. The predicted molar refractivity (Wildman–Crippen MR) is 81.6 cm³/mol. The number of aromatic nitrogens is 1. The minimum Gasteiger partial charge on any atom is -0.441 e. The van der Waals surface area contributed by atoms with Crippen LogP contribution in [0.1, 0.15) is 26.2 Å². The second-order valence-electron chi connectivity index (χ2n) is 5.32. The second-order valence-corrected chi connectivity index (χ2v) is 5.32. The molecular weight excluding hydrogens is 268 g/mol. The molecule has 1 saturated carbocycles. The van der Waals surface area contributed by atoms with Gasteiger partial charge >= 0.3 is 0 Å². The first-order valence-electron chi connectivity index (χ1n) is 7.55. The Morgan fingerprint density at radius 1 is 1.38 bits per heavy atom. The zero-order chi connectivity index (χ0) is 14.8. The highest BCUT2D eigenvalue weighted by atomic mass is 16.5. The van der Waals surface area contributed by atoms with E-state index in [9.17, 15) is 0 Å². The summed E-state index contributed by atoms with van der Waals surface area (Å²) in [6, 6.07) is 6.29. The lowest BCUT2D eigenvalue weighted by molar-refractivity contribution is -0.118. The van der Waals surface area contributed by atoms with E-state index in [1.807, 2.05) is 32.0 Å². The third kappa shape index (κ3) is 2.76. The predicted octanol–water partition coefficient (Wildman–Crippen LogP) is 2.99. The number of rotatable bonds is 6. The molecule has 1 N–H and O–H groups in total. The van der Waals surface area contributed by atoms with E-state index in [0.29, 0.717) is 0 Å². The van der Waals surface area contributed by atoms with Crippen molar-refractivity contribution in [1.82, 2.24) is 4.98 Å². The number of hydrogen-bond donors (Lipinski definition) is 1. The minimum absolute atomic E-state index is 0.101. The van der Waals surface area contributed by atoms with Crippen molar-refractivity contribution in [3.05, 3.63) is 24.1 Å². The highest BCUT2D eigenvalue weighted by Crippen LogP contribution is 2.30. The van der Waals surface area contributed by atoms with Gasteiger partial charge in [-0.15, -0.1) is 0 Å². The Morgan fingerprint density at radius 3 is 2.95 bits per heavy atom. The van der Waals surface area contributed by atoms with Crippen molar-refractivity contribution >= 4 is 16.8 Å². The lowest BCUT2D eigenvalue weighted by atomic mass is 9.85. The van der Waals surface area contributed by atoms with Gasteiger partial charge < -0.3 is 19.2 Å². The number of ether oxygens (including phenoxy) is 2. The van der Waals surface area contributed by atoms with Gasteiger partial charge in [0.2, 0.25) is 0 Å². The van der Waals surface area contributed by atoms with Crippen LogP contribution in [0.5, 0.6) is 0 Å². The molecule has 1 aliphatic rings. The maximum Gasteiger partial charge on any atom is 0.195 e.